The summed E-state index contributed by atoms with van der Waals surface area (Å²) in [4.78, 5) is 0. The molecule has 0 fully saturated rings. The van der Waals surface area contributed by atoms with Crippen LogP contribution in [-0.4, -0.2) is 22.4 Å². The number of anilines is 1. The Kier molecular flexibility index (Phi) is 3.61. The Morgan fingerprint density at radius 3 is 2.67 bits per heavy atom. The molecular weight excluding hydrogens is 234 g/mol. The number of rotatable bonds is 5. The molecular formula is C11H17N5O2. The third kappa shape index (κ3) is 2.51. The maximum absolute atomic E-state index is 5.43. The Balaban J connectivity index is 2.08. The predicted molar refractivity (Wildman–Crippen MR) is 65.1 cm³/mol. The molecule has 2 aromatic heterocycles. The van der Waals surface area contributed by atoms with Crippen molar-refractivity contribution in [3.8, 4) is 0 Å². The van der Waals surface area contributed by atoms with Gasteiger partial charge in [-0.15, -0.1) is 5.10 Å². The Morgan fingerprint density at radius 1 is 1.28 bits per heavy atom. The molecule has 2 N–H and O–H groups in total. The molecule has 0 radical (unpaired) electrons. The third-order valence-corrected chi connectivity index (χ3v) is 2.66. The Morgan fingerprint density at radius 2 is 2.06 bits per heavy atom. The summed E-state index contributed by atoms with van der Waals surface area (Å²) in [5.41, 5.74) is 1.88. The summed E-state index contributed by atoms with van der Waals surface area (Å²) in [6.45, 7) is 6.33. The van der Waals surface area contributed by atoms with E-state index in [-0.39, 0.29) is 6.04 Å². The quantitative estimate of drug-likeness (QED) is 0.833. The van der Waals surface area contributed by atoms with Crippen LogP contribution in [0.2, 0.25) is 0 Å². The second-order valence-electron chi connectivity index (χ2n) is 4.14. The zero-order valence-electron chi connectivity index (χ0n) is 10.9. The first-order valence-corrected chi connectivity index (χ1v) is 5.78. The second kappa shape index (κ2) is 5.18. The zero-order valence-corrected chi connectivity index (χ0v) is 10.9. The number of hydrogen-bond acceptors (Lipinski definition) is 7. The number of nitrogens with one attached hydrogen (secondary N) is 2. The molecule has 98 valence electrons. The number of nitrogens with zero attached hydrogens (tertiary/aromatic N) is 3. The number of hydrogen-bond donors (Lipinski definition) is 2. The molecule has 0 aromatic carbocycles. The summed E-state index contributed by atoms with van der Waals surface area (Å²) in [6.07, 6.45) is 0. The van der Waals surface area contributed by atoms with E-state index < -0.39 is 0 Å². The van der Waals surface area contributed by atoms with E-state index in [1.54, 1.807) is 0 Å². The summed E-state index contributed by atoms with van der Waals surface area (Å²) in [5, 5.41) is 17.8. The van der Waals surface area contributed by atoms with E-state index in [1.165, 1.54) is 0 Å². The standard InChI is InChI=1S/C11H17N5O2/c1-6(10-7(2)16-18-8(10)3)13-11-15-14-9(17-11)5-12-4/h6,12H,5H2,1-4H3,(H,13,15). The van der Waals surface area contributed by atoms with Crippen molar-refractivity contribution in [3.05, 3.63) is 22.9 Å². The van der Waals surface area contributed by atoms with Crippen molar-refractivity contribution in [2.24, 2.45) is 0 Å². The van der Waals surface area contributed by atoms with E-state index >= 15 is 0 Å². The fourth-order valence-corrected chi connectivity index (χ4v) is 1.90. The summed E-state index contributed by atoms with van der Waals surface area (Å²) >= 11 is 0. The van der Waals surface area contributed by atoms with Crippen molar-refractivity contribution in [2.45, 2.75) is 33.4 Å². The van der Waals surface area contributed by atoms with Crippen LogP contribution in [0.15, 0.2) is 8.94 Å². The van der Waals surface area contributed by atoms with Gasteiger partial charge in [-0.1, -0.05) is 10.3 Å². The van der Waals surface area contributed by atoms with Gasteiger partial charge in [-0.3, -0.25) is 0 Å². The summed E-state index contributed by atoms with van der Waals surface area (Å²) < 4.78 is 10.6. The van der Waals surface area contributed by atoms with Crippen molar-refractivity contribution in [1.29, 1.82) is 0 Å². The van der Waals surface area contributed by atoms with Gasteiger partial charge < -0.3 is 19.6 Å². The smallest absolute Gasteiger partial charge is 0.315 e. The van der Waals surface area contributed by atoms with Crippen molar-refractivity contribution in [1.82, 2.24) is 20.7 Å². The van der Waals surface area contributed by atoms with Crippen LogP contribution in [0.1, 0.15) is 35.9 Å². The van der Waals surface area contributed by atoms with Gasteiger partial charge in [0.15, 0.2) is 0 Å². The van der Waals surface area contributed by atoms with Crippen molar-refractivity contribution >= 4 is 6.01 Å². The van der Waals surface area contributed by atoms with Crippen LogP contribution in [0.5, 0.6) is 0 Å². The molecule has 0 amide bonds. The zero-order chi connectivity index (χ0) is 13.1. The number of aromatic nitrogens is 3. The van der Waals surface area contributed by atoms with Crippen LogP contribution in [-0.2, 0) is 6.54 Å². The average molecular weight is 251 g/mol. The van der Waals surface area contributed by atoms with E-state index in [1.807, 2.05) is 27.8 Å². The lowest BCUT2D eigenvalue weighted by atomic mass is 10.1. The molecule has 0 saturated heterocycles. The van der Waals surface area contributed by atoms with E-state index in [0.29, 0.717) is 18.5 Å². The monoisotopic (exact) mass is 251 g/mol. The highest BCUT2D eigenvalue weighted by Gasteiger charge is 2.18. The molecule has 0 aliphatic rings. The highest BCUT2D eigenvalue weighted by molar-refractivity contribution is 5.32. The van der Waals surface area contributed by atoms with Crippen molar-refractivity contribution < 1.29 is 8.94 Å². The van der Waals surface area contributed by atoms with Gasteiger partial charge in [0.1, 0.15) is 5.76 Å². The van der Waals surface area contributed by atoms with Crippen LogP contribution in [0, 0.1) is 13.8 Å². The summed E-state index contributed by atoms with van der Waals surface area (Å²) in [6, 6.07) is 0.395. The van der Waals surface area contributed by atoms with Gasteiger partial charge in [-0.25, -0.2) is 0 Å². The largest absolute Gasteiger partial charge is 0.407 e. The maximum atomic E-state index is 5.43. The normalized spacial score (nSPS) is 12.7. The Labute approximate surface area is 105 Å². The first kappa shape index (κ1) is 12.6. The van der Waals surface area contributed by atoms with Gasteiger partial charge in [0.2, 0.25) is 5.89 Å². The van der Waals surface area contributed by atoms with Crippen LogP contribution in [0.25, 0.3) is 0 Å². The van der Waals surface area contributed by atoms with Gasteiger partial charge in [0.05, 0.1) is 18.3 Å². The third-order valence-electron chi connectivity index (χ3n) is 2.66. The molecule has 2 rings (SSSR count). The molecule has 0 aliphatic carbocycles. The van der Waals surface area contributed by atoms with E-state index in [4.69, 9.17) is 8.94 Å². The molecule has 7 nitrogen and oxygen atoms in total. The molecule has 0 spiro atoms. The number of aryl methyl sites for hydroxylation is 2. The van der Waals surface area contributed by atoms with E-state index in [0.717, 1.165) is 17.0 Å². The molecule has 2 aromatic rings. The topological polar surface area (TPSA) is 89.0 Å². The van der Waals surface area contributed by atoms with Crippen molar-refractivity contribution in [2.75, 3.05) is 12.4 Å². The van der Waals surface area contributed by atoms with Crippen molar-refractivity contribution in [3.63, 3.8) is 0 Å². The van der Waals surface area contributed by atoms with E-state index in [9.17, 15) is 0 Å². The highest BCUT2D eigenvalue weighted by Crippen LogP contribution is 2.24. The van der Waals surface area contributed by atoms with Gasteiger partial charge >= 0.3 is 6.01 Å². The van der Waals surface area contributed by atoms with Crippen LogP contribution < -0.4 is 10.6 Å². The lowest BCUT2D eigenvalue weighted by Gasteiger charge is -2.10. The minimum atomic E-state index is -0.000800. The van der Waals surface area contributed by atoms with Gasteiger partial charge in [0.25, 0.3) is 0 Å². The Bertz CT molecular complexity index is 500. The first-order valence-electron chi connectivity index (χ1n) is 5.78. The molecule has 7 heteroatoms. The lowest BCUT2D eigenvalue weighted by Crippen LogP contribution is -2.08. The van der Waals surface area contributed by atoms with Gasteiger partial charge in [-0.2, -0.15) is 0 Å². The fraction of sp³-hybridized carbons (Fsp3) is 0.545. The highest BCUT2D eigenvalue weighted by atomic mass is 16.5. The molecule has 0 aliphatic heterocycles. The molecule has 1 atom stereocenters. The SMILES string of the molecule is CNCc1nnc(NC(C)c2c(C)noc2C)o1. The van der Waals surface area contributed by atoms with Crippen LogP contribution in [0.4, 0.5) is 6.01 Å². The molecule has 1 unspecified atom stereocenters. The Hall–Kier alpha value is -1.89. The molecule has 0 saturated carbocycles. The van der Waals surface area contributed by atoms with Crippen LogP contribution >= 0.6 is 0 Å². The van der Waals surface area contributed by atoms with Gasteiger partial charge in [0, 0.05) is 5.56 Å². The van der Waals surface area contributed by atoms with Crippen LogP contribution in [0.3, 0.4) is 0 Å². The molecule has 2 heterocycles. The molecule has 18 heavy (non-hydrogen) atoms. The second-order valence-corrected chi connectivity index (χ2v) is 4.14. The van der Waals surface area contributed by atoms with Gasteiger partial charge in [-0.05, 0) is 27.8 Å². The molecule has 0 bridgehead atoms. The maximum Gasteiger partial charge on any atom is 0.315 e. The fourth-order valence-electron chi connectivity index (χ4n) is 1.90. The first-order chi connectivity index (χ1) is 8.61. The predicted octanol–water partition coefficient (Wildman–Crippen LogP) is 1.57. The summed E-state index contributed by atoms with van der Waals surface area (Å²) in [7, 11) is 1.82. The minimum Gasteiger partial charge on any atom is -0.407 e. The lowest BCUT2D eigenvalue weighted by molar-refractivity contribution is 0.391. The summed E-state index contributed by atoms with van der Waals surface area (Å²) in [5.74, 6) is 1.34. The minimum absolute atomic E-state index is 0.000800. The average Bonchev–Trinajstić information content (AvgIpc) is 2.87. The van der Waals surface area contributed by atoms with E-state index in [2.05, 4.69) is 26.0 Å².